The summed E-state index contributed by atoms with van der Waals surface area (Å²) in [6, 6.07) is 16.5. The summed E-state index contributed by atoms with van der Waals surface area (Å²) in [4.78, 5) is 8.07. The molecule has 0 fully saturated rings. The first kappa shape index (κ1) is 14.9. The van der Waals surface area contributed by atoms with Gasteiger partial charge in [-0.25, -0.2) is 4.99 Å². The van der Waals surface area contributed by atoms with E-state index in [0.29, 0.717) is 0 Å². The molecule has 0 unspecified atom stereocenters. The lowest BCUT2D eigenvalue weighted by molar-refractivity contribution is 0.848. The highest BCUT2D eigenvalue weighted by atomic mass is 32.2. The van der Waals surface area contributed by atoms with Gasteiger partial charge in [-0.2, -0.15) is 0 Å². The molecule has 3 N–H and O–H groups in total. The number of thioether (sulfide) groups is 1. The van der Waals surface area contributed by atoms with Gasteiger partial charge in [0, 0.05) is 27.6 Å². The Morgan fingerprint density at radius 1 is 0.958 bits per heavy atom. The molecule has 2 aromatic carbocycles. The standard InChI is InChI=1S/C19H18N4S/c1-12-6-5-7-14(10-12)21-19-23-22-17(11-24-19)18-13(2)20-16-9-4-3-8-15(16)18/h3-11,20,22H,1-2H3,(H,21,23). The van der Waals surface area contributed by atoms with Crippen molar-refractivity contribution in [3.8, 4) is 0 Å². The van der Waals surface area contributed by atoms with Crippen LogP contribution in [-0.2, 0) is 0 Å². The largest absolute Gasteiger partial charge is 0.358 e. The number of rotatable bonds is 2. The number of aromatic nitrogens is 1. The third-order valence-electron chi connectivity index (χ3n) is 3.99. The van der Waals surface area contributed by atoms with Crippen molar-refractivity contribution in [3.05, 3.63) is 70.8 Å². The molecule has 0 spiro atoms. The fourth-order valence-electron chi connectivity index (χ4n) is 2.91. The summed E-state index contributed by atoms with van der Waals surface area (Å²) >= 11 is 1.59. The van der Waals surface area contributed by atoms with E-state index < -0.39 is 0 Å². The minimum absolute atomic E-state index is 0.835. The van der Waals surface area contributed by atoms with Crippen LogP contribution in [0.5, 0.6) is 0 Å². The van der Waals surface area contributed by atoms with Gasteiger partial charge in [-0.05, 0) is 37.6 Å². The number of aromatic amines is 1. The predicted molar refractivity (Wildman–Crippen MR) is 103 cm³/mol. The molecule has 24 heavy (non-hydrogen) atoms. The van der Waals surface area contributed by atoms with E-state index in [1.807, 2.05) is 18.2 Å². The van der Waals surface area contributed by atoms with Crippen molar-refractivity contribution in [1.29, 1.82) is 0 Å². The van der Waals surface area contributed by atoms with Crippen molar-refractivity contribution < 1.29 is 0 Å². The molecule has 2 heterocycles. The van der Waals surface area contributed by atoms with E-state index in [2.05, 4.69) is 70.4 Å². The number of hydrogen-bond acceptors (Lipinski definition) is 3. The number of hydrogen-bond donors (Lipinski definition) is 3. The molecular formula is C19H18N4S. The number of nitrogens with one attached hydrogen (secondary N) is 3. The van der Waals surface area contributed by atoms with Gasteiger partial charge in [-0.1, -0.05) is 42.1 Å². The third-order valence-corrected chi connectivity index (χ3v) is 4.76. The average molecular weight is 334 g/mol. The first-order valence-electron chi connectivity index (χ1n) is 7.82. The molecule has 1 aliphatic rings. The van der Waals surface area contributed by atoms with E-state index >= 15 is 0 Å². The molecule has 0 bridgehead atoms. The molecule has 3 aromatic rings. The normalized spacial score (nSPS) is 15.9. The van der Waals surface area contributed by atoms with Crippen LogP contribution in [0.2, 0.25) is 0 Å². The number of H-pyrrole nitrogens is 1. The smallest absolute Gasteiger partial charge is 0.184 e. The van der Waals surface area contributed by atoms with E-state index in [0.717, 1.165) is 27.8 Å². The highest BCUT2D eigenvalue weighted by Crippen LogP contribution is 2.30. The number of aryl methyl sites for hydroxylation is 2. The van der Waals surface area contributed by atoms with Crippen LogP contribution in [0, 0.1) is 13.8 Å². The fraction of sp³-hybridized carbons (Fsp3) is 0.105. The lowest BCUT2D eigenvalue weighted by atomic mass is 10.1. The summed E-state index contributed by atoms with van der Waals surface area (Å²) in [6.07, 6.45) is 0. The molecule has 0 amide bonds. The van der Waals surface area contributed by atoms with Crippen LogP contribution in [-0.4, -0.2) is 10.2 Å². The molecule has 1 aromatic heterocycles. The van der Waals surface area contributed by atoms with Crippen molar-refractivity contribution in [3.63, 3.8) is 0 Å². The Hall–Kier alpha value is -2.66. The molecular weight excluding hydrogens is 316 g/mol. The van der Waals surface area contributed by atoms with E-state index in [1.54, 1.807) is 11.8 Å². The van der Waals surface area contributed by atoms with Gasteiger partial charge >= 0.3 is 0 Å². The number of fused-ring (bicyclic) bond motifs is 1. The Morgan fingerprint density at radius 2 is 1.83 bits per heavy atom. The summed E-state index contributed by atoms with van der Waals surface area (Å²) in [6.45, 7) is 4.17. The second-order valence-corrected chi connectivity index (χ2v) is 6.68. The number of amidine groups is 1. The molecule has 5 heteroatoms. The molecule has 4 rings (SSSR count). The van der Waals surface area contributed by atoms with Crippen LogP contribution in [0.1, 0.15) is 16.8 Å². The third kappa shape index (κ3) is 2.78. The highest BCUT2D eigenvalue weighted by Gasteiger charge is 2.16. The molecule has 0 saturated carbocycles. The first-order valence-corrected chi connectivity index (χ1v) is 8.70. The predicted octanol–water partition coefficient (Wildman–Crippen LogP) is 4.61. The van der Waals surface area contributed by atoms with Gasteiger partial charge in [0.05, 0.1) is 11.4 Å². The molecule has 1 aliphatic heterocycles. The molecule has 120 valence electrons. The number of nitrogens with zero attached hydrogens (tertiary/aromatic N) is 1. The van der Waals surface area contributed by atoms with Crippen molar-refractivity contribution in [2.24, 2.45) is 4.99 Å². The zero-order valence-electron chi connectivity index (χ0n) is 13.6. The zero-order valence-corrected chi connectivity index (χ0v) is 14.4. The van der Waals surface area contributed by atoms with Crippen molar-refractivity contribution in [2.45, 2.75) is 13.8 Å². The van der Waals surface area contributed by atoms with Crippen LogP contribution in [0.4, 0.5) is 5.69 Å². The quantitative estimate of drug-likeness (QED) is 0.641. The lowest BCUT2D eigenvalue weighted by Crippen LogP contribution is -2.36. The van der Waals surface area contributed by atoms with Gasteiger partial charge in [0.25, 0.3) is 0 Å². The highest BCUT2D eigenvalue weighted by molar-refractivity contribution is 8.16. The Bertz CT molecular complexity index is 968. The molecule has 4 nitrogen and oxygen atoms in total. The second kappa shape index (κ2) is 6.09. The summed E-state index contributed by atoms with van der Waals surface area (Å²) in [5.41, 5.74) is 13.2. The van der Waals surface area contributed by atoms with Crippen molar-refractivity contribution in [1.82, 2.24) is 15.8 Å². The van der Waals surface area contributed by atoms with Gasteiger partial charge in [-0.15, -0.1) is 0 Å². The lowest BCUT2D eigenvalue weighted by Gasteiger charge is -2.19. The minimum Gasteiger partial charge on any atom is -0.358 e. The summed E-state index contributed by atoms with van der Waals surface area (Å²) in [7, 11) is 0. The summed E-state index contributed by atoms with van der Waals surface area (Å²) in [5.74, 6) is 0. The van der Waals surface area contributed by atoms with Gasteiger partial charge in [0.2, 0.25) is 0 Å². The van der Waals surface area contributed by atoms with Crippen LogP contribution in [0.25, 0.3) is 16.6 Å². The van der Waals surface area contributed by atoms with Gasteiger partial charge in [0.1, 0.15) is 0 Å². The van der Waals surface area contributed by atoms with E-state index in [-0.39, 0.29) is 0 Å². The number of benzene rings is 2. The zero-order chi connectivity index (χ0) is 16.5. The van der Waals surface area contributed by atoms with Crippen LogP contribution in [0.3, 0.4) is 0 Å². The Balaban J connectivity index is 1.64. The maximum Gasteiger partial charge on any atom is 0.184 e. The van der Waals surface area contributed by atoms with Gasteiger partial charge in [0.15, 0.2) is 5.17 Å². The van der Waals surface area contributed by atoms with Crippen LogP contribution < -0.4 is 10.9 Å². The molecule has 0 saturated heterocycles. The monoisotopic (exact) mass is 334 g/mol. The molecule has 0 radical (unpaired) electrons. The summed E-state index contributed by atoms with van der Waals surface area (Å²) < 4.78 is 0. The number of hydrazine groups is 1. The fourth-order valence-corrected chi connectivity index (χ4v) is 3.58. The first-order chi connectivity index (χ1) is 11.7. The Morgan fingerprint density at radius 3 is 2.62 bits per heavy atom. The van der Waals surface area contributed by atoms with Crippen molar-refractivity contribution in [2.75, 3.05) is 0 Å². The average Bonchev–Trinajstić information content (AvgIpc) is 2.91. The topological polar surface area (TPSA) is 52.2 Å². The number of aliphatic imine (C=N–C) groups is 1. The summed E-state index contributed by atoms with van der Waals surface area (Å²) in [5, 5.41) is 4.16. The van der Waals surface area contributed by atoms with Crippen LogP contribution in [0.15, 0.2) is 58.9 Å². The van der Waals surface area contributed by atoms with E-state index in [4.69, 9.17) is 0 Å². The molecule has 0 atom stereocenters. The Kier molecular flexibility index (Phi) is 3.78. The van der Waals surface area contributed by atoms with Gasteiger partial charge in [-0.3, -0.25) is 10.9 Å². The number of para-hydroxylation sites is 1. The van der Waals surface area contributed by atoms with E-state index in [1.165, 1.54) is 16.5 Å². The SMILES string of the molecule is Cc1cccc(N=C2NNC(c3c(C)[nH]c4ccccc34)=CS2)c1. The van der Waals surface area contributed by atoms with Crippen molar-refractivity contribution >= 4 is 39.2 Å². The second-order valence-electron chi connectivity index (χ2n) is 5.83. The minimum atomic E-state index is 0.835. The molecule has 0 aliphatic carbocycles. The van der Waals surface area contributed by atoms with E-state index in [9.17, 15) is 0 Å². The maximum absolute atomic E-state index is 4.63. The Labute approximate surface area is 145 Å². The van der Waals surface area contributed by atoms with Gasteiger partial charge < -0.3 is 4.98 Å². The maximum atomic E-state index is 4.63. The van der Waals surface area contributed by atoms with Crippen LogP contribution >= 0.6 is 11.8 Å².